The second-order valence-electron chi connectivity index (χ2n) is 13.2. The highest BCUT2D eigenvalue weighted by molar-refractivity contribution is 5.70. The van der Waals surface area contributed by atoms with E-state index in [4.69, 9.17) is 9.47 Å². The first-order valence-corrected chi connectivity index (χ1v) is 19.7. The van der Waals surface area contributed by atoms with Crippen LogP contribution in [0.25, 0.3) is 0 Å². The third kappa shape index (κ3) is 32.7. The highest BCUT2D eigenvalue weighted by Crippen LogP contribution is 2.14. The minimum Gasteiger partial charge on any atom is -0.462 e. The van der Waals surface area contributed by atoms with Crippen LogP contribution in [0.3, 0.4) is 0 Å². The van der Waals surface area contributed by atoms with E-state index in [1.165, 1.54) is 89.5 Å². The van der Waals surface area contributed by atoms with Crippen molar-refractivity contribution in [1.29, 1.82) is 0 Å². The van der Waals surface area contributed by atoms with Gasteiger partial charge in [0.1, 0.15) is 6.61 Å². The van der Waals surface area contributed by atoms with Gasteiger partial charge in [-0.05, 0) is 32.1 Å². The number of hydrogen-bond donors (Lipinski definition) is 4. The van der Waals surface area contributed by atoms with Gasteiger partial charge in [-0.1, -0.05) is 171 Å². The molecule has 4 N–H and O–H groups in total. The van der Waals surface area contributed by atoms with Crippen LogP contribution in [-0.4, -0.2) is 70.0 Å². The van der Waals surface area contributed by atoms with Crippen LogP contribution in [0.1, 0.15) is 155 Å². The first kappa shape index (κ1) is 47.5. The summed E-state index contributed by atoms with van der Waals surface area (Å²) in [5.74, 6) is -0.924. The number of unbranched alkanes of at least 4 members (excludes halogenated alkanes) is 15. The van der Waals surface area contributed by atoms with E-state index in [0.717, 1.165) is 25.7 Å². The molecule has 0 spiro atoms. The number of ether oxygens (including phenoxy) is 2. The number of rotatable bonds is 34. The maximum atomic E-state index is 12.2. The van der Waals surface area contributed by atoms with Crippen LogP contribution in [0.2, 0.25) is 0 Å². The molecule has 0 aliphatic carbocycles. The van der Waals surface area contributed by atoms with Gasteiger partial charge in [-0.25, -0.2) is 0 Å². The Labute approximate surface area is 304 Å². The molecule has 0 radical (unpaired) electrons. The Kier molecular flexibility index (Phi) is 34.4. The summed E-state index contributed by atoms with van der Waals surface area (Å²) in [7, 11) is 0. The molecule has 0 saturated carbocycles. The topological polar surface area (TPSA) is 134 Å². The molecule has 0 saturated heterocycles. The summed E-state index contributed by atoms with van der Waals surface area (Å²) in [6.45, 7) is 3.66. The minimum atomic E-state index is -1.09. The average Bonchev–Trinajstić information content (AvgIpc) is 3.10. The molecule has 0 unspecified atom stereocenters. The van der Waals surface area contributed by atoms with Crippen molar-refractivity contribution in [2.24, 2.45) is 0 Å². The van der Waals surface area contributed by atoms with E-state index >= 15 is 0 Å². The van der Waals surface area contributed by atoms with Crippen molar-refractivity contribution < 1.29 is 39.5 Å². The summed E-state index contributed by atoms with van der Waals surface area (Å²) in [6.07, 6.45) is 36.5. The van der Waals surface area contributed by atoms with Crippen molar-refractivity contribution in [1.82, 2.24) is 0 Å². The van der Waals surface area contributed by atoms with Crippen LogP contribution in [0.15, 0.2) is 60.8 Å². The Morgan fingerprint density at radius 1 is 0.600 bits per heavy atom. The van der Waals surface area contributed by atoms with E-state index < -0.39 is 37.0 Å². The molecule has 0 fully saturated rings. The fourth-order valence-electron chi connectivity index (χ4n) is 5.31. The van der Waals surface area contributed by atoms with Crippen molar-refractivity contribution in [3.05, 3.63) is 60.8 Å². The van der Waals surface area contributed by atoms with Crippen LogP contribution in [0.4, 0.5) is 0 Å². The molecular weight excluding hydrogens is 632 g/mol. The molecular formula is C42H72O8. The Bertz CT molecular complexity index is 938. The lowest BCUT2D eigenvalue weighted by atomic mass is 10.0. The molecule has 8 nitrogen and oxygen atoms in total. The highest BCUT2D eigenvalue weighted by Gasteiger charge is 2.18. The van der Waals surface area contributed by atoms with E-state index in [0.29, 0.717) is 12.8 Å². The average molecular weight is 705 g/mol. The van der Waals surface area contributed by atoms with Gasteiger partial charge in [0.15, 0.2) is 6.10 Å². The Morgan fingerprint density at radius 2 is 1.10 bits per heavy atom. The van der Waals surface area contributed by atoms with Crippen molar-refractivity contribution in [3.63, 3.8) is 0 Å². The molecule has 4 atom stereocenters. The Balaban J connectivity index is 3.90. The van der Waals surface area contributed by atoms with Crippen LogP contribution in [0, 0.1) is 0 Å². The minimum absolute atomic E-state index is 0.00105. The van der Waals surface area contributed by atoms with Crippen LogP contribution < -0.4 is 0 Å². The van der Waals surface area contributed by atoms with Gasteiger partial charge in [0, 0.05) is 12.8 Å². The summed E-state index contributed by atoms with van der Waals surface area (Å²) in [5.41, 5.74) is 0. The molecule has 50 heavy (non-hydrogen) atoms. The monoisotopic (exact) mass is 705 g/mol. The molecule has 0 heterocycles. The fourth-order valence-corrected chi connectivity index (χ4v) is 5.31. The van der Waals surface area contributed by atoms with Crippen LogP contribution in [-0.2, 0) is 19.1 Å². The van der Waals surface area contributed by atoms with Gasteiger partial charge >= 0.3 is 11.9 Å². The van der Waals surface area contributed by atoms with E-state index in [2.05, 4.69) is 6.92 Å². The number of aliphatic hydroxyl groups excluding tert-OH is 4. The summed E-state index contributed by atoms with van der Waals surface area (Å²) < 4.78 is 10.4. The van der Waals surface area contributed by atoms with Gasteiger partial charge in [0.05, 0.1) is 24.9 Å². The second kappa shape index (κ2) is 36.3. The van der Waals surface area contributed by atoms with Gasteiger partial charge in [0.2, 0.25) is 0 Å². The summed E-state index contributed by atoms with van der Waals surface area (Å²) >= 11 is 0. The zero-order valence-electron chi connectivity index (χ0n) is 31.5. The van der Waals surface area contributed by atoms with Crippen molar-refractivity contribution in [2.45, 2.75) is 180 Å². The van der Waals surface area contributed by atoms with E-state index in [1.807, 2.05) is 19.1 Å². The van der Waals surface area contributed by atoms with Crippen molar-refractivity contribution in [3.8, 4) is 0 Å². The lowest BCUT2D eigenvalue weighted by Crippen LogP contribution is -2.29. The van der Waals surface area contributed by atoms with E-state index in [1.54, 1.807) is 42.5 Å². The Hall–Kier alpha value is -2.52. The van der Waals surface area contributed by atoms with Crippen molar-refractivity contribution in [2.75, 3.05) is 13.2 Å². The maximum absolute atomic E-state index is 12.2. The first-order valence-electron chi connectivity index (χ1n) is 19.7. The largest absolute Gasteiger partial charge is 0.462 e. The molecule has 0 rings (SSSR count). The quantitative estimate of drug-likeness (QED) is 0.0226. The number of aliphatic hydroxyl groups is 4. The molecule has 8 heteroatoms. The van der Waals surface area contributed by atoms with Gasteiger partial charge in [-0.15, -0.1) is 0 Å². The maximum Gasteiger partial charge on any atom is 0.306 e. The van der Waals surface area contributed by atoms with Gasteiger partial charge < -0.3 is 29.9 Å². The van der Waals surface area contributed by atoms with Gasteiger partial charge in [-0.3, -0.25) is 9.59 Å². The second-order valence-corrected chi connectivity index (χ2v) is 13.2. The van der Waals surface area contributed by atoms with Gasteiger partial charge in [0.25, 0.3) is 0 Å². The lowest BCUT2D eigenvalue weighted by Gasteiger charge is -2.17. The lowest BCUT2D eigenvalue weighted by molar-refractivity contribution is -0.161. The van der Waals surface area contributed by atoms with Crippen LogP contribution in [0.5, 0.6) is 0 Å². The Morgan fingerprint density at radius 3 is 1.64 bits per heavy atom. The summed E-state index contributed by atoms with van der Waals surface area (Å²) in [6, 6.07) is 0. The van der Waals surface area contributed by atoms with Crippen molar-refractivity contribution >= 4 is 11.9 Å². The zero-order valence-corrected chi connectivity index (χ0v) is 31.5. The molecule has 0 aliphatic heterocycles. The highest BCUT2D eigenvalue weighted by atomic mass is 16.6. The number of allylic oxidation sites excluding steroid dienone is 7. The number of carbonyl (C=O) groups is 2. The third-order valence-electron chi connectivity index (χ3n) is 8.42. The van der Waals surface area contributed by atoms with Crippen LogP contribution >= 0.6 is 0 Å². The molecule has 0 aliphatic rings. The predicted molar refractivity (Wildman–Crippen MR) is 205 cm³/mol. The smallest absolute Gasteiger partial charge is 0.306 e. The molecule has 0 bridgehead atoms. The molecule has 0 aromatic heterocycles. The first-order chi connectivity index (χ1) is 24.3. The molecule has 0 aromatic carbocycles. The standard InChI is InChI=1S/C42H72O8/c1-3-5-7-8-9-10-11-12-13-14-15-16-17-18-23-27-33-41(47)49-36-38(35-43)50-42(48)34-28-32-40(46)39(45)31-26-22-20-19-21-25-30-37(44)29-24-6-4-2/h6,19-22,24-26,30-31,37-40,43-46H,3-5,7-18,23,27-29,32-36H2,1-2H3/b21-19+,22-20-,24-6-,30-25+,31-26-/t37-,38-,39+,40+/m0/s1. The summed E-state index contributed by atoms with van der Waals surface area (Å²) in [4.78, 5) is 24.3. The molecule has 0 amide bonds. The SMILES string of the molecule is CC/C=C\C[C@H](O)/C=C/C=C/C=C\C=C/[C@@H](O)[C@H](O)CCCC(=O)O[C@@H](CO)COC(=O)CCCCCCCCCCCCCCCCCC. The fraction of sp³-hybridized carbons (Fsp3) is 0.714. The molecule has 288 valence electrons. The van der Waals surface area contributed by atoms with E-state index in [-0.39, 0.29) is 31.8 Å². The predicted octanol–water partition coefficient (Wildman–Crippen LogP) is 8.92. The van der Waals surface area contributed by atoms with E-state index in [9.17, 15) is 30.0 Å². The third-order valence-corrected chi connectivity index (χ3v) is 8.42. The summed E-state index contributed by atoms with van der Waals surface area (Å²) in [5, 5.41) is 39.7. The number of carbonyl (C=O) groups excluding carboxylic acids is 2. The van der Waals surface area contributed by atoms with Gasteiger partial charge in [-0.2, -0.15) is 0 Å². The number of hydrogen-bond acceptors (Lipinski definition) is 8. The number of esters is 2. The molecule has 0 aromatic rings. The normalized spacial score (nSPS) is 14.8. The zero-order chi connectivity index (χ0) is 36.9.